The molecule has 5 nitrogen and oxygen atoms in total. The van der Waals surface area contributed by atoms with E-state index in [1.165, 1.54) is 0 Å². The molecule has 2 amide bonds. The van der Waals surface area contributed by atoms with Crippen LogP contribution in [0.25, 0.3) is 0 Å². The summed E-state index contributed by atoms with van der Waals surface area (Å²) in [6.07, 6.45) is -0.548. The molecule has 5 heteroatoms. The van der Waals surface area contributed by atoms with Crippen LogP contribution in [-0.4, -0.2) is 43.3 Å². The van der Waals surface area contributed by atoms with E-state index >= 15 is 0 Å². The number of anilines is 1. The number of carbonyl (C=O) groups excluding carboxylic acids is 1. The number of likely N-dealkylation sites (N-methyl/N-ethyl adjacent to an activating group) is 1. The van der Waals surface area contributed by atoms with E-state index in [0.717, 1.165) is 5.56 Å². The summed E-state index contributed by atoms with van der Waals surface area (Å²) in [5.41, 5.74) is 1.44. The summed E-state index contributed by atoms with van der Waals surface area (Å²) in [6, 6.07) is 6.96. The van der Waals surface area contributed by atoms with Crippen LogP contribution in [0.2, 0.25) is 0 Å². The highest BCUT2D eigenvalue weighted by atomic mass is 16.5. The molecule has 0 aliphatic rings. The Kier molecular flexibility index (Phi) is 5.61. The average molecular weight is 252 g/mol. The molecule has 1 aromatic carbocycles. The lowest BCUT2D eigenvalue weighted by Crippen LogP contribution is -2.33. The molecule has 0 heterocycles. The quantitative estimate of drug-likeness (QED) is 0.840. The second kappa shape index (κ2) is 6.98. The number of hydrogen-bond acceptors (Lipinski definition) is 3. The molecule has 0 spiro atoms. The molecule has 0 aliphatic carbocycles. The number of amides is 2. The van der Waals surface area contributed by atoms with Crippen molar-refractivity contribution in [3.63, 3.8) is 0 Å². The highest BCUT2D eigenvalue weighted by Crippen LogP contribution is 2.17. The van der Waals surface area contributed by atoms with E-state index in [1.807, 2.05) is 6.07 Å². The van der Waals surface area contributed by atoms with E-state index < -0.39 is 6.10 Å². The van der Waals surface area contributed by atoms with E-state index in [4.69, 9.17) is 4.74 Å². The Hall–Kier alpha value is -1.59. The molecule has 18 heavy (non-hydrogen) atoms. The molecule has 0 aliphatic heterocycles. The maximum atomic E-state index is 11.8. The van der Waals surface area contributed by atoms with Gasteiger partial charge in [-0.05, 0) is 24.6 Å². The van der Waals surface area contributed by atoms with Crippen molar-refractivity contribution in [1.82, 2.24) is 4.90 Å². The zero-order valence-electron chi connectivity index (χ0n) is 11.0. The standard InChI is InChI=1S/C13H20N2O3/c1-10(16)11-5-4-6-12(9-11)14-13(17)15(2)7-8-18-3/h4-6,9-10,16H,7-8H2,1-3H3,(H,14,17). The smallest absolute Gasteiger partial charge is 0.321 e. The fraction of sp³-hybridized carbons (Fsp3) is 0.462. The van der Waals surface area contributed by atoms with Crippen molar-refractivity contribution in [2.75, 3.05) is 32.6 Å². The average Bonchev–Trinajstić information content (AvgIpc) is 2.36. The Bertz CT molecular complexity index is 394. The molecule has 0 fully saturated rings. The van der Waals surface area contributed by atoms with E-state index in [9.17, 15) is 9.90 Å². The van der Waals surface area contributed by atoms with Gasteiger partial charge in [0.2, 0.25) is 0 Å². The molecule has 1 atom stereocenters. The van der Waals surface area contributed by atoms with Crippen molar-refractivity contribution in [1.29, 1.82) is 0 Å². The van der Waals surface area contributed by atoms with E-state index in [2.05, 4.69) is 5.32 Å². The lowest BCUT2D eigenvalue weighted by molar-refractivity contribution is 0.165. The molecule has 100 valence electrons. The van der Waals surface area contributed by atoms with Gasteiger partial charge in [0.1, 0.15) is 0 Å². The number of urea groups is 1. The molecule has 0 bridgehead atoms. The van der Waals surface area contributed by atoms with Gasteiger partial charge in [0.05, 0.1) is 12.7 Å². The zero-order valence-corrected chi connectivity index (χ0v) is 11.0. The number of nitrogens with zero attached hydrogens (tertiary/aromatic N) is 1. The molecular weight excluding hydrogens is 232 g/mol. The SMILES string of the molecule is COCCN(C)C(=O)Nc1cccc(C(C)O)c1. The third-order valence-corrected chi connectivity index (χ3v) is 2.60. The Morgan fingerprint density at radius 3 is 2.89 bits per heavy atom. The van der Waals surface area contributed by atoms with Crippen molar-refractivity contribution < 1.29 is 14.6 Å². The molecule has 0 saturated carbocycles. The summed E-state index contributed by atoms with van der Waals surface area (Å²) in [5, 5.41) is 12.2. The van der Waals surface area contributed by atoms with Crippen molar-refractivity contribution in [3.8, 4) is 0 Å². The highest BCUT2D eigenvalue weighted by molar-refractivity contribution is 5.89. The number of benzene rings is 1. The maximum absolute atomic E-state index is 11.8. The van der Waals surface area contributed by atoms with Crippen LogP contribution < -0.4 is 5.32 Å². The zero-order chi connectivity index (χ0) is 13.5. The van der Waals surface area contributed by atoms with Crippen LogP contribution in [0.15, 0.2) is 24.3 Å². The number of aliphatic hydroxyl groups excluding tert-OH is 1. The minimum absolute atomic E-state index is 0.199. The Morgan fingerprint density at radius 1 is 1.56 bits per heavy atom. The Morgan fingerprint density at radius 2 is 2.28 bits per heavy atom. The Labute approximate surface area is 107 Å². The third kappa shape index (κ3) is 4.35. The first-order chi connectivity index (χ1) is 8.54. The first-order valence-corrected chi connectivity index (χ1v) is 5.83. The van der Waals surface area contributed by atoms with Gasteiger partial charge in [0.15, 0.2) is 0 Å². The maximum Gasteiger partial charge on any atom is 0.321 e. The van der Waals surface area contributed by atoms with Crippen LogP contribution in [-0.2, 0) is 4.74 Å². The fourth-order valence-corrected chi connectivity index (χ4v) is 1.42. The van der Waals surface area contributed by atoms with Crippen LogP contribution in [0, 0.1) is 0 Å². The van der Waals surface area contributed by atoms with Gasteiger partial charge in [-0.25, -0.2) is 4.79 Å². The summed E-state index contributed by atoms with van der Waals surface area (Å²) >= 11 is 0. The monoisotopic (exact) mass is 252 g/mol. The third-order valence-electron chi connectivity index (χ3n) is 2.60. The minimum atomic E-state index is -0.548. The number of hydrogen-bond donors (Lipinski definition) is 2. The van der Waals surface area contributed by atoms with Gasteiger partial charge in [-0.1, -0.05) is 12.1 Å². The normalized spacial score (nSPS) is 12.0. The second-order valence-corrected chi connectivity index (χ2v) is 4.15. The number of methoxy groups -OCH3 is 1. The number of carbonyl (C=O) groups is 1. The van der Waals surface area contributed by atoms with Gasteiger partial charge in [-0.3, -0.25) is 0 Å². The van der Waals surface area contributed by atoms with Crippen molar-refractivity contribution in [2.24, 2.45) is 0 Å². The molecule has 1 aromatic rings. The first kappa shape index (κ1) is 14.5. The molecule has 0 aromatic heterocycles. The number of ether oxygens (including phenoxy) is 1. The molecular formula is C13H20N2O3. The van der Waals surface area contributed by atoms with Crippen LogP contribution in [0.5, 0.6) is 0 Å². The minimum Gasteiger partial charge on any atom is -0.389 e. The van der Waals surface area contributed by atoms with Gasteiger partial charge >= 0.3 is 6.03 Å². The summed E-state index contributed by atoms with van der Waals surface area (Å²) < 4.78 is 4.91. The van der Waals surface area contributed by atoms with Crippen molar-refractivity contribution >= 4 is 11.7 Å². The van der Waals surface area contributed by atoms with Crippen molar-refractivity contribution in [3.05, 3.63) is 29.8 Å². The molecule has 0 saturated heterocycles. The molecule has 1 rings (SSSR count). The van der Waals surface area contributed by atoms with Gasteiger partial charge in [-0.2, -0.15) is 0 Å². The van der Waals surface area contributed by atoms with E-state index in [0.29, 0.717) is 18.8 Å². The summed E-state index contributed by atoms with van der Waals surface area (Å²) in [6.45, 7) is 2.71. The molecule has 1 unspecified atom stereocenters. The number of aliphatic hydroxyl groups is 1. The highest BCUT2D eigenvalue weighted by Gasteiger charge is 2.09. The summed E-state index contributed by atoms with van der Waals surface area (Å²) in [4.78, 5) is 13.3. The first-order valence-electron chi connectivity index (χ1n) is 5.83. The second-order valence-electron chi connectivity index (χ2n) is 4.15. The molecule has 2 N–H and O–H groups in total. The van der Waals surface area contributed by atoms with Gasteiger partial charge < -0.3 is 20.1 Å². The number of nitrogens with one attached hydrogen (secondary N) is 1. The van der Waals surface area contributed by atoms with E-state index in [-0.39, 0.29) is 6.03 Å². The van der Waals surface area contributed by atoms with Crippen molar-refractivity contribution in [2.45, 2.75) is 13.0 Å². The van der Waals surface area contributed by atoms with Gasteiger partial charge in [-0.15, -0.1) is 0 Å². The van der Waals surface area contributed by atoms with Gasteiger partial charge in [0.25, 0.3) is 0 Å². The van der Waals surface area contributed by atoms with Crippen LogP contribution in [0.4, 0.5) is 10.5 Å². The largest absolute Gasteiger partial charge is 0.389 e. The summed E-state index contributed by atoms with van der Waals surface area (Å²) in [7, 11) is 3.30. The lowest BCUT2D eigenvalue weighted by Gasteiger charge is -2.17. The van der Waals surface area contributed by atoms with Crippen LogP contribution >= 0.6 is 0 Å². The Balaban J connectivity index is 2.61. The summed E-state index contributed by atoms with van der Waals surface area (Å²) in [5.74, 6) is 0. The predicted octanol–water partition coefficient (Wildman–Crippen LogP) is 1.85. The molecule has 0 radical (unpaired) electrons. The van der Waals surface area contributed by atoms with Crippen LogP contribution in [0.3, 0.4) is 0 Å². The van der Waals surface area contributed by atoms with E-state index in [1.54, 1.807) is 44.2 Å². The van der Waals surface area contributed by atoms with Crippen LogP contribution in [0.1, 0.15) is 18.6 Å². The number of rotatable bonds is 5. The topological polar surface area (TPSA) is 61.8 Å². The van der Waals surface area contributed by atoms with Gasteiger partial charge in [0, 0.05) is 26.4 Å². The fourth-order valence-electron chi connectivity index (χ4n) is 1.42. The lowest BCUT2D eigenvalue weighted by atomic mass is 10.1. The predicted molar refractivity (Wildman–Crippen MR) is 70.6 cm³/mol.